The van der Waals surface area contributed by atoms with Crippen LogP contribution in [0.1, 0.15) is 17.4 Å². The third kappa shape index (κ3) is 3.50. The van der Waals surface area contributed by atoms with Gasteiger partial charge in [-0.1, -0.05) is 0 Å². The molecule has 1 aromatic heterocycles. The van der Waals surface area contributed by atoms with Gasteiger partial charge in [0.05, 0.1) is 17.6 Å². The molecule has 0 saturated carbocycles. The highest BCUT2D eigenvalue weighted by atomic mass is 19.2. The molecular formula is C14H12F3N3O. The molecule has 0 radical (unpaired) electrons. The highest BCUT2D eigenvalue weighted by Crippen LogP contribution is 2.19. The summed E-state index contributed by atoms with van der Waals surface area (Å²) in [6.45, 7) is 2.61. The zero-order valence-corrected chi connectivity index (χ0v) is 11.1. The Balaban J connectivity index is 2.16. The minimum absolute atomic E-state index is 0.0285. The fraction of sp³-hybridized carbons (Fsp3) is 0.143. The molecule has 2 rings (SSSR count). The number of hydrogen-bond donors (Lipinski definition) is 2. The summed E-state index contributed by atoms with van der Waals surface area (Å²) in [7, 11) is 0. The first-order chi connectivity index (χ1) is 10.0. The van der Waals surface area contributed by atoms with Gasteiger partial charge in [0.15, 0.2) is 11.6 Å². The van der Waals surface area contributed by atoms with Gasteiger partial charge >= 0.3 is 0 Å². The Hall–Kier alpha value is -2.57. The predicted molar refractivity (Wildman–Crippen MR) is 72.7 cm³/mol. The summed E-state index contributed by atoms with van der Waals surface area (Å²) in [6.07, 6.45) is 1.44. The van der Waals surface area contributed by atoms with Crippen LogP contribution in [0, 0.1) is 17.5 Å². The predicted octanol–water partition coefficient (Wildman–Crippen LogP) is 3.18. The molecule has 0 aliphatic rings. The monoisotopic (exact) mass is 295 g/mol. The van der Waals surface area contributed by atoms with Crippen molar-refractivity contribution in [3.8, 4) is 0 Å². The van der Waals surface area contributed by atoms with Crippen molar-refractivity contribution in [2.45, 2.75) is 6.92 Å². The molecule has 0 aliphatic heterocycles. The normalized spacial score (nSPS) is 10.3. The molecule has 2 aromatic rings. The van der Waals surface area contributed by atoms with Crippen LogP contribution in [-0.4, -0.2) is 17.4 Å². The van der Waals surface area contributed by atoms with Crippen LogP contribution in [0.25, 0.3) is 0 Å². The van der Waals surface area contributed by atoms with Gasteiger partial charge in [-0.05, 0) is 19.1 Å². The number of pyridine rings is 1. The van der Waals surface area contributed by atoms with Crippen LogP contribution in [0.5, 0.6) is 0 Å². The summed E-state index contributed by atoms with van der Waals surface area (Å²) in [6, 6.07) is 4.01. The molecule has 0 fully saturated rings. The number of carbonyl (C=O) groups is 1. The fourth-order valence-corrected chi connectivity index (χ4v) is 1.64. The smallest absolute Gasteiger partial charge is 0.274 e. The lowest BCUT2D eigenvalue weighted by atomic mass is 10.2. The number of amides is 1. The van der Waals surface area contributed by atoms with Crippen LogP contribution >= 0.6 is 0 Å². The van der Waals surface area contributed by atoms with Gasteiger partial charge in [0.25, 0.3) is 5.91 Å². The molecule has 0 aliphatic carbocycles. The summed E-state index contributed by atoms with van der Waals surface area (Å²) in [4.78, 5) is 15.8. The van der Waals surface area contributed by atoms with Gasteiger partial charge in [0.2, 0.25) is 0 Å². The lowest BCUT2D eigenvalue weighted by molar-refractivity contribution is 0.102. The van der Waals surface area contributed by atoms with E-state index in [1.807, 2.05) is 6.92 Å². The molecule has 1 heterocycles. The van der Waals surface area contributed by atoms with E-state index in [-0.39, 0.29) is 5.69 Å². The third-order valence-corrected chi connectivity index (χ3v) is 2.64. The highest BCUT2D eigenvalue weighted by Gasteiger charge is 2.14. The number of aromatic nitrogens is 1. The number of carbonyl (C=O) groups excluding carboxylic acids is 1. The van der Waals surface area contributed by atoms with Crippen LogP contribution in [-0.2, 0) is 0 Å². The molecule has 2 N–H and O–H groups in total. The van der Waals surface area contributed by atoms with Crippen LogP contribution < -0.4 is 10.6 Å². The molecule has 0 saturated heterocycles. The van der Waals surface area contributed by atoms with Gasteiger partial charge in [0.1, 0.15) is 11.5 Å². The van der Waals surface area contributed by atoms with Crippen LogP contribution in [0.15, 0.2) is 30.5 Å². The second-order valence-electron chi connectivity index (χ2n) is 4.16. The number of anilines is 2. The van der Waals surface area contributed by atoms with E-state index in [0.29, 0.717) is 18.7 Å². The zero-order valence-electron chi connectivity index (χ0n) is 11.1. The molecule has 0 atom stereocenters. The molecule has 1 aromatic carbocycles. The minimum Gasteiger partial charge on any atom is -0.384 e. The van der Waals surface area contributed by atoms with E-state index in [1.165, 1.54) is 12.3 Å². The molecule has 0 bridgehead atoms. The summed E-state index contributed by atoms with van der Waals surface area (Å²) in [5.41, 5.74) is 0.310. The maximum atomic E-state index is 13.4. The number of nitrogens with one attached hydrogen (secondary N) is 2. The van der Waals surface area contributed by atoms with Crippen molar-refractivity contribution in [2.75, 3.05) is 17.2 Å². The van der Waals surface area contributed by atoms with Crippen molar-refractivity contribution in [2.24, 2.45) is 0 Å². The summed E-state index contributed by atoms with van der Waals surface area (Å²) in [5.74, 6) is -4.35. The van der Waals surface area contributed by atoms with E-state index >= 15 is 0 Å². The molecular weight excluding hydrogens is 283 g/mol. The van der Waals surface area contributed by atoms with E-state index < -0.39 is 29.0 Å². The molecule has 1 amide bonds. The second kappa shape index (κ2) is 6.25. The number of hydrogen-bond acceptors (Lipinski definition) is 3. The molecule has 110 valence electrons. The Kier molecular flexibility index (Phi) is 4.42. The second-order valence-corrected chi connectivity index (χ2v) is 4.16. The van der Waals surface area contributed by atoms with Crippen molar-refractivity contribution in [1.82, 2.24) is 4.98 Å². The first-order valence-corrected chi connectivity index (χ1v) is 6.17. The quantitative estimate of drug-likeness (QED) is 0.852. The average molecular weight is 295 g/mol. The Morgan fingerprint density at radius 2 is 1.86 bits per heavy atom. The van der Waals surface area contributed by atoms with Crippen molar-refractivity contribution in [3.63, 3.8) is 0 Å². The van der Waals surface area contributed by atoms with Gasteiger partial charge in [-0.25, -0.2) is 18.2 Å². The summed E-state index contributed by atoms with van der Waals surface area (Å²) < 4.78 is 39.2. The molecule has 21 heavy (non-hydrogen) atoms. The van der Waals surface area contributed by atoms with Crippen LogP contribution in [0.2, 0.25) is 0 Å². The Labute approximate surface area is 119 Å². The first kappa shape index (κ1) is 14.8. The Morgan fingerprint density at radius 1 is 1.14 bits per heavy atom. The van der Waals surface area contributed by atoms with Crippen LogP contribution in [0.3, 0.4) is 0 Å². The third-order valence-electron chi connectivity index (χ3n) is 2.64. The molecule has 4 nitrogen and oxygen atoms in total. The first-order valence-electron chi connectivity index (χ1n) is 6.17. The van der Waals surface area contributed by atoms with Gasteiger partial charge in [-0.15, -0.1) is 0 Å². The number of rotatable bonds is 4. The lowest BCUT2D eigenvalue weighted by Gasteiger charge is -2.07. The fourth-order valence-electron chi connectivity index (χ4n) is 1.64. The van der Waals surface area contributed by atoms with Gasteiger partial charge < -0.3 is 10.6 Å². The zero-order chi connectivity index (χ0) is 15.4. The number of benzene rings is 1. The van der Waals surface area contributed by atoms with E-state index in [9.17, 15) is 18.0 Å². The van der Waals surface area contributed by atoms with Gasteiger partial charge in [0, 0.05) is 18.7 Å². The summed E-state index contributed by atoms with van der Waals surface area (Å²) >= 11 is 0. The highest BCUT2D eigenvalue weighted by molar-refractivity contribution is 6.03. The van der Waals surface area contributed by atoms with E-state index in [1.54, 1.807) is 6.07 Å². The van der Waals surface area contributed by atoms with Crippen molar-refractivity contribution < 1.29 is 18.0 Å². The average Bonchev–Trinajstić information content (AvgIpc) is 2.46. The standard InChI is InChI=1S/C14H12F3N3O/c1-2-18-8-3-4-12(19-7-8)14(21)20-13-6-10(16)9(15)5-11(13)17/h3-7,18H,2H2,1H3,(H,20,21). The van der Waals surface area contributed by atoms with Crippen LogP contribution in [0.4, 0.5) is 24.5 Å². The molecule has 0 unspecified atom stereocenters. The number of nitrogens with zero attached hydrogens (tertiary/aromatic N) is 1. The topological polar surface area (TPSA) is 54.0 Å². The van der Waals surface area contributed by atoms with E-state index in [2.05, 4.69) is 15.6 Å². The Bertz CT molecular complexity index is 659. The van der Waals surface area contributed by atoms with Crippen molar-refractivity contribution in [3.05, 3.63) is 53.6 Å². The van der Waals surface area contributed by atoms with E-state index in [0.717, 1.165) is 5.69 Å². The largest absolute Gasteiger partial charge is 0.384 e. The Morgan fingerprint density at radius 3 is 2.48 bits per heavy atom. The summed E-state index contributed by atoms with van der Waals surface area (Å²) in [5, 5.41) is 5.14. The van der Waals surface area contributed by atoms with Crippen molar-refractivity contribution >= 4 is 17.3 Å². The molecule has 7 heteroatoms. The maximum Gasteiger partial charge on any atom is 0.274 e. The SMILES string of the molecule is CCNc1ccc(C(=O)Nc2cc(F)c(F)cc2F)nc1. The van der Waals surface area contributed by atoms with Gasteiger partial charge in [-0.2, -0.15) is 0 Å². The maximum absolute atomic E-state index is 13.4. The van der Waals surface area contributed by atoms with Crippen molar-refractivity contribution in [1.29, 1.82) is 0 Å². The number of halogens is 3. The van der Waals surface area contributed by atoms with Gasteiger partial charge in [-0.3, -0.25) is 4.79 Å². The van der Waals surface area contributed by atoms with E-state index in [4.69, 9.17) is 0 Å². The lowest BCUT2D eigenvalue weighted by Crippen LogP contribution is -2.15. The minimum atomic E-state index is -1.32. The molecule has 0 spiro atoms.